The lowest BCUT2D eigenvalue weighted by Gasteiger charge is -2.33. The van der Waals surface area contributed by atoms with E-state index in [-0.39, 0.29) is 16.8 Å². The Bertz CT molecular complexity index is 986. The van der Waals surface area contributed by atoms with Crippen molar-refractivity contribution in [2.45, 2.75) is 36.7 Å². The summed E-state index contributed by atoms with van der Waals surface area (Å²) in [5, 5.41) is 16.4. The first kappa shape index (κ1) is 23.2. The molecule has 168 valence electrons. The Kier molecular flexibility index (Phi) is 7.66. The number of amides is 1. The second-order valence-corrected chi connectivity index (χ2v) is 9.68. The van der Waals surface area contributed by atoms with Crippen LogP contribution >= 0.6 is 0 Å². The van der Waals surface area contributed by atoms with E-state index in [4.69, 9.17) is 4.74 Å². The van der Waals surface area contributed by atoms with E-state index in [1.54, 1.807) is 24.1 Å². The van der Waals surface area contributed by atoms with E-state index in [1.807, 2.05) is 24.3 Å². The quantitative estimate of drug-likeness (QED) is 0.525. The molecule has 0 bridgehead atoms. The van der Waals surface area contributed by atoms with Crippen molar-refractivity contribution in [3.8, 4) is 5.75 Å². The smallest absolute Gasteiger partial charge is 0.253 e. The van der Waals surface area contributed by atoms with Crippen molar-refractivity contribution in [1.82, 2.24) is 15.5 Å². The SMILES string of the molecule is COc1ccc(CNC(O)NC2CCN(C(=O)c3cccc(S(C)(=O)=O)c3)CC2)cc1. The number of sulfone groups is 1. The molecule has 1 amide bonds. The first-order valence-electron chi connectivity index (χ1n) is 10.2. The number of hydrogen-bond acceptors (Lipinski definition) is 7. The van der Waals surface area contributed by atoms with Crippen LogP contribution < -0.4 is 15.4 Å². The first-order chi connectivity index (χ1) is 14.8. The number of carbonyl (C=O) groups is 1. The zero-order chi connectivity index (χ0) is 22.4. The predicted molar refractivity (Wildman–Crippen MR) is 117 cm³/mol. The van der Waals surface area contributed by atoms with Gasteiger partial charge in [0, 0.05) is 37.5 Å². The number of aliphatic hydroxyl groups excluding tert-OH is 1. The van der Waals surface area contributed by atoms with E-state index in [0.29, 0.717) is 38.0 Å². The highest BCUT2D eigenvalue weighted by Gasteiger charge is 2.25. The molecule has 2 aromatic carbocycles. The second-order valence-electron chi connectivity index (χ2n) is 7.66. The molecule has 2 aromatic rings. The first-order valence-corrected chi connectivity index (χ1v) is 12.1. The molecular weight excluding hydrogens is 418 g/mol. The summed E-state index contributed by atoms with van der Waals surface area (Å²) in [5.74, 6) is 0.605. The number of methoxy groups -OCH3 is 1. The number of hydrogen-bond donors (Lipinski definition) is 3. The molecule has 1 aliphatic heterocycles. The Morgan fingerprint density at radius 2 is 1.87 bits per heavy atom. The number of carbonyl (C=O) groups excluding carboxylic acids is 1. The molecule has 1 unspecified atom stereocenters. The molecule has 0 spiro atoms. The third-order valence-electron chi connectivity index (χ3n) is 5.34. The van der Waals surface area contributed by atoms with Crippen LogP contribution in [0.2, 0.25) is 0 Å². The minimum Gasteiger partial charge on any atom is -0.497 e. The molecule has 0 radical (unpaired) electrons. The standard InChI is InChI=1S/C22H29N3O5S/c1-30-19-8-6-16(7-9-19)15-23-22(27)24-18-10-12-25(13-11-18)21(26)17-4-3-5-20(14-17)31(2,28)29/h3-9,14,18,22-24,27H,10-13,15H2,1-2H3. The molecule has 0 saturated carbocycles. The van der Waals surface area contributed by atoms with Gasteiger partial charge in [-0.1, -0.05) is 18.2 Å². The highest BCUT2D eigenvalue weighted by atomic mass is 32.2. The molecule has 31 heavy (non-hydrogen) atoms. The van der Waals surface area contributed by atoms with Crippen LogP contribution in [0.25, 0.3) is 0 Å². The lowest BCUT2D eigenvalue weighted by molar-refractivity contribution is 0.0581. The maximum atomic E-state index is 12.8. The van der Waals surface area contributed by atoms with Gasteiger partial charge in [-0.25, -0.2) is 8.42 Å². The van der Waals surface area contributed by atoms with Crippen molar-refractivity contribution < 1.29 is 23.1 Å². The van der Waals surface area contributed by atoms with Crippen LogP contribution in [0, 0.1) is 0 Å². The second kappa shape index (κ2) is 10.2. The Hall–Kier alpha value is -2.46. The monoisotopic (exact) mass is 447 g/mol. The summed E-state index contributed by atoms with van der Waals surface area (Å²) in [6.45, 7) is 1.57. The lowest BCUT2D eigenvalue weighted by Crippen LogP contribution is -2.51. The number of nitrogens with zero attached hydrogens (tertiary/aromatic N) is 1. The topological polar surface area (TPSA) is 108 Å². The van der Waals surface area contributed by atoms with Gasteiger partial charge in [-0.2, -0.15) is 0 Å². The van der Waals surface area contributed by atoms with Gasteiger partial charge in [0.15, 0.2) is 16.2 Å². The van der Waals surface area contributed by atoms with Crippen molar-refractivity contribution in [3.05, 3.63) is 59.7 Å². The summed E-state index contributed by atoms with van der Waals surface area (Å²) in [7, 11) is -1.75. The van der Waals surface area contributed by atoms with Crippen molar-refractivity contribution in [2.24, 2.45) is 0 Å². The van der Waals surface area contributed by atoms with Gasteiger partial charge >= 0.3 is 0 Å². The van der Waals surface area contributed by atoms with Crippen LogP contribution in [0.1, 0.15) is 28.8 Å². The van der Waals surface area contributed by atoms with Gasteiger partial charge in [0.05, 0.1) is 12.0 Å². The summed E-state index contributed by atoms with van der Waals surface area (Å²) in [6.07, 6.45) is 1.65. The van der Waals surface area contributed by atoms with Gasteiger partial charge in [0.2, 0.25) is 0 Å². The maximum Gasteiger partial charge on any atom is 0.253 e. The largest absolute Gasteiger partial charge is 0.497 e. The number of nitrogens with one attached hydrogen (secondary N) is 2. The van der Waals surface area contributed by atoms with Gasteiger partial charge in [0.1, 0.15) is 5.75 Å². The van der Waals surface area contributed by atoms with Gasteiger partial charge < -0.3 is 14.7 Å². The fraction of sp³-hybridized carbons (Fsp3) is 0.409. The fourth-order valence-electron chi connectivity index (χ4n) is 3.53. The van der Waals surface area contributed by atoms with Gasteiger partial charge in [-0.3, -0.25) is 15.4 Å². The number of likely N-dealkylation sites (tertiary alicyclic amines) is 1. The lowest BCUT2D eigenvalue weighted by atomic mass is 10.0. The van der Waals surface area contributed by atoms with Crippen LogP contribution in [-0.4, -0.2) is 63.2 Å². The van der Waals surface area contributed by atoms with Gasteiger partial charge in [0.25, 0.3) is 5.91 Å². The third-order valence-corrected chi connectivity index (χ3v) is 6.45. The van der Waals surface area contributed by atoms with Crippen LogP contribution in [0.4, 0.5) is 0 Å². The minimum absolute atomic E-state index is 0.0739. The minimum atomic E-state index is -3.36. The summed E-state index contributed by atoms with van der Waals surface area (Å²) < 4.78 is 28.6. The van der Waals surface area contributed by atoms with E-state index in [2.05, 4.69) is 10.6 Å². The van der Waals surface area contributed by atoms with Gasteiger partial charge in [-0.15, -0.1) is 0 Å². The van der Waals surface area contributed by atoms with E-state index >= 15 is 0 Å². The zero-order valence-electron chi connectivity index (χ0n) is 17.7. The van der Waals surface area contributed by atoms with Gasteiger partial charge in [-0.05, 0) is 48.7 Å². The number of ether oxygens (including phenoxy) is 1. The van der Waals surface area contributed by atoms with Crippen LogP contribution in [0.15, 0.2) is 53.4 Å². The number of piperidine rings is 1. The highest BCUT2D eigenvalue weighted by Crippen LogP contribution is 2.17. The molecule has 3 N–H and O–H groups in total. The zero-order valence-corrected chi connectivity index (χ0v) is 18.6. The van der Waals surface area contributed by atoms with E-state index in [1.165, 1.54) is 12.1 Å². The molecule has 3 rings (SSSR count). The third kappa shape index (κ3) is 6.51. The van der Waals surface area contributed by atoms with Crippen molar-refractivity contribution in [3.63, 3.8) is 0 Å². The maximum absolute atomic E-state index is 12.8. The average Bonchev–Trinajstić information content (AvgIpc) is 2.77. The average molecular weight is 448 g/mol. The van der Waals surface area contributed by atoms with Crippen LogP contribution in [0.3, 0.4) is 0 Å². The summed E-state index contributed by atoms with van der Waals surface area (Å²) in [5.41, 5.74) is 1.40. The Morgan fingerprint density at radius 1 is 1.19 bits per heavy atom. The molecular formula is C22H29N3O5S. The van der Waals surface area contributed by atoms with Crippen molar-refractivity contribution in [2.75, 3.05) is 26.5 Å². The molecule has 1 fully saturated rings. The number of aliphatic hydroxyl groups is 1. The molecule has 0 aliphatic carbocycles. The van der Waals surface area contributed by atoms with E-state index in [0.717, 1.165) is 17.6 Å². The Morgan fingerprint density at radius 3 is 2.48 bits per heavy atom. The fourth-order valence-corrected chi connectivity index (χ4v) is 4.20. The van der Waals surface area contributed by atoms with Crippen LogP contribution in [-0.2, 0) is 16.4 Å². The normalized spacial score (nSPS) is 16.2. The Balaban J connectivity index is 1.46. The van der Waals surface area contributed by atoms with Crippen molar-refractivity contribution in [1.29, 1.82) is 0 Å². The molecule has 1 aliphatic rings. The predicted octanol–water partition coefficient (Wildman–Crippen LogP) is 1.36. The molecule has 1 heterocycles. The van der Waals surface area contributed by atoms with Crippen LogP contribution in [0.5, 0.6) is 5.75 Å². The van der Waals surface area contributed by atoms with Crippen molar-refractivity contribution >= 4 is 15.7 Å². The summed E-state index contributed by atoms with van der Waals surface area (Å²) in [4.78, 5) is 14.6. The Labute approximate surface area is 183 Å². The number of rotatable bonds is 8. The highest BCUT2D eigenvalue weighted by molar-refractivity contribution is 7.90. The summed E-state index contributed by atoms with van der Waals surface area (Å²) >= 11 is 0. The molecule has 9 heteroatoms. The molecule has 1 saturated heterocycles. The molecule has 1 atom stereocenters. The van der Waals surface area contributed by atoms with E-state index in [9.17, 15) is 18.3 Å². The molecule has 0 aromatic heterocycles. The molecule has 8 nitrogen and oxygen atoms in total. The van der Waals surface area contributed by atoms with E-state index < -0.39 is 16.2 Å². The number of benzene rings is 2. The summed E-state index contributed by atoms with van der Waals surface area (Å²) in [6, 6.07) is 13.8.